The summed E-state index contributed by atoms with van der Waals surface area (Å²) in [6.45, 7) is 8.08. The van der Waals surface area contributed by atoms with Crippen molar-refractivity contribution in [1.82, 2.24) is 9.55 Å². The molecule has 1 aromatic heterocycles. The largest absolute Gasteiger partial charge is 0.461 e. The minimum atomic E-state index is -0.366. The Morgan fingerprint density at radius 3 is 2.60 bits per heavy atom. The first kappa shape index (κ1) is 12.2. The maximum Gasteiger partial charge on any atom is 0.358 e. The summed E-state index contributed by atoms with van der Waals surface area (Å²) in [5.74, 6) is -0.366. The van der Waals surface area contributed by atoms with Crippen LogP contribution in [0.5, 0.6) is 0 Å². The molecule has 0 aliphatic carbocycles. The zero-order valence-electron chi connectivity index (χ0n) is 9.37. The monoisotopic (exact) mass is 274 g/mol. The maximum atomic E-state index is 11.5. The molecule has 1 rings (SSSR count). The van der Waals surface area contributed by atoms with Crippen molar-refractivity contribution in [2.75, 3.05) is 6.61 Å². The Bertz CT molecular complexity index is 372. The molecule has 0 aliphatic heterocycles. The van der Waals surface area contributed by atoms with Gasteiger partial charge >= 0.3 is 5.97 Å². The summed E-state index contributed by atoms with van der Waals surface area (Å²) in [7, 11) is 0. The summed E-state index contributed by atoms with van der Waals surface area (Å²) >= 11 is 3.33. The van der Waals surface area contributed by atoms with Crippen molar-refractivity contribution in [3.8, 4) is 0 Å². The molecule has 0 aromatic carbocycles. The zero-order valence-corrected chi connectivity index (χ0v) is 11.0. The summed E-state index contributed by atoms with van der Waals surface area (Å²) in [6, 6.07) is 0.259. The van der Waals surface area contributed by atoms with Crippen molar-refractivity contribution in [1.29, 1.82) is 0 Å². The van der Waals surface area contributed by atoms with Crippen LogP contribution in [0.2, 0.25) is 0 Å². The lowest BCUT2D eigenvalue weighted by atomic mass is 10.3. The number of nitrogens with zero attached hydrogens (tertiary/aromatic N) is 2. The number of imidazole rings is 1. The van der Waals surface area contributed by atoms with E-state index in [4.69, 9.17) is 4.74 Å². The van der Waals surface area contributed by atoms with Crippen LogP contribution in [0.1, 0.15) is 43.0 Å². The van der Waals surface area contributed by atoms with Gasteiger partial charge in [0.15, 0.2) is 10.4 Å². The van der Waals surface area contributed by atoms with E-state index in [0.29, 0.717) is 17.0 Å². The first-order chi connectivity index (χ1) is 6.99. The first-order valence-corrected chi connectivity index (χ1v) is 5.69. The fourth-order valence-corrected chi connectivity index (χ4v) is 2.33. The highest BCUT2D eigenvalue weighted by Gasteiger charge is 2.20. The smallest absolute Gasteiger partial charge is 0.358 e. The molecule has 4 nitrogen and oxygen atoms in total. The average molecular weight is 275 g/mol. The summed E-state index contributed by atoms with van der Waals surface area (Å²) in [4.78, 5) is 15.7. The van der Waals surface area contributed by atoms with Crippen LogP contribution in [0.25, 0.3) is 0 Å². The minimum Gasteiger partial charge on any atom is -0.461 e. The van der Waals surface area contributed by atoms with Crippen molar-refractivity contribution in [3.63, 3.8) is 0 Å². The fraction of sp³-hybridized carbons (Fsp3) is 0.600. The summed E-state index contributed by atoms with van der Waals surface area (Å²) in [5, 5.41) is 0. The van der Waals surface area contributed by atoms with Gasteiger partial charge in [0.05, 0.1) is 12.3 Å². The van der Waals surface area contributed by atoms with Crippen LogP contribution >= 0.6 is 15.9 Å². The second-order valence-electron chi connectivity index (χ2n) is 3.50. The predicted molar refractivity (Wildman–Crippen MR) is 61.0 cm³/mol. The van der Waals surface area contributed by atoms with Crippen molar-refractivity contribution in [3.05, 3.63) is 16.1 Å². The van der Waals surface area contributed by atoms with E-state index in [1.165, 1.54) is 0 Å². The third-order valence-corrected chi connectivity index (χ3v) is 2.65. The fourth-order valence-electron chi connectivity index (χ4n) is 1.47. The van der Waals surface area contributed by atoms with E-state index in [1.807, 2.05) is 25.3 Å². The maximum absolute atomic E-state index is 11.5. The third kappa shape index (κ3) is 2.40. The van der Waals surface area contributed by atoms with Crippen LogP contribution in [0.15, 0.2) is 4.73 Å². The normalized spacial score (nSPS) is 10.8. The van der Waals surface area contributed by atoms with Gasteiger partial charge in [0.1, 0.15) is 0 Å². The predicted octanol–water partition coefficient (Wildman–Crippen LogP) is 2.71. The van der Waals surface area contributed by atoms with Crippen LogP contribution in [0.3, 0.4) is 0 Å². The molecule has 1 heterocycles. The molecule has 84 valence electrons. The lowest BCUT2D eigenvalue weighted by Gasteiger charge is -2.10. The molecule has 0 radical (unpaired) electrons. The highest BCUT2D eigenvalue weighted by atomic mass is 79.9. The van der Waals surface area contributed by atoms with Crippen LogP contribution < -0.4 is 0 Å². The van der Waals surface area contributed by atoms with Gasteiger partial charge in [-0.05, 0) is 43.6 Å². The van der Waals surface area contributed by atoms with Crippen molar-refractivity contribution < 1.29 is 9.53 Å². The molecule has 1 aromatic rings. The standard InChI is InChI=1S/C10H15BrN2O2/c1-5-15-9(14)8-7(4)13(6(2)3)10(11)12-8/h6H,5H2,1-4H3. The summed E-state index contributed by atoms with van der Waals surface area (Å²) < 4.78 is 7.54. The molecule has 0 saturated heterocycles. The second-order valence-corrected chi connectivity index (χ2v) is 4.21. The Balaban J connectivity index is 3.12. The van der Waals surface area contributed by atoms with Gasteiger partial charge in [0.25, 0.3) is 0 Å². The Morgan fingerprint density at radius 2 is 2.20 bits per heavy atom. The van der Waals surface area contributed by atoms with Gasteiger partial charge in [-0.2, -0.15) is 0 Å². The average Bonchev–Trinajstić information content (AvgIpc) is 2.42. The van der Waals surface area contributed by atoms with Crippen LogP contribution in [-0.2, 0) is 4.74 Å². The molecule has 0 saturated carbocycles. The molecule has 0 N–H and O–H groups in total. The third-order valence-electron chi connectivity index (χ3n) is 2.09. The highest BCUT2D eigenvalue weighted by molar-refractivity contribution is 9.10. The quantitative estimate of drug-likeness (QED) is 0.797. The van der Waals surface area contributed by atoms with Crippen LogP contribution in [0.4, 0.5) is 0 Å². The number of ether oxygens (including phenoxy) is 1. The SMILES string of the molecule is CCOC(=O)c1nc(Br)n(C(C)C)c1C. The number of esters is 1. The van der Waals surface area contributed by atoms with Gasteiger partial charge in [-0.3, -0.25) is 0 Å². The van der Waals surface area contributed by atoms with Gasteiger partial charge < -0.3 is 9.30 Å². The highest BCUT2D eigenvalue weighted by Crippen LogP contribution is 2.21. The molecule has 0 aliphatic rings. The molecule has 0 bridgehead atoms. The van der Waals surface area contributed by atoms with E-state index in [1.54, 1.807) is 6.92 Å². The van der Waals surface area contributed by atoms with E-state index in [2.05, 4.69) is 20.9 Å². The number of carbonyl (C=O) groups excluding carboxylic acids is 1. The lowest BCUT2D eigenvalue weighted by molar-refractivity contribution is 0.0519. The Hall–Kier alpha value is -0.840. The number of rotatable bonds is 3. The minimum absolute atomic E-state index is 0.259. The van der Waals surface area contributed by atoms with E-state index in [-0.39, 0.29) is 12.0 Å². The Labute approximate surface area is 97.8 Å². The lowest BCUT2D eigenvalue weighted by Crippen LogP contribution is -2.09. The summed E-state index contributed by atoms with van der Waals surface area (Å²) in [6.07, 6.45) is 0. The van der Waals surface area contributed by atoms with E-state index in [9.17, 15) is 4.79 Å². The van der Waals surface area contributed by atoms with Crippen molar-refractivity contribution >= 4 is 21.9 Å². The molecule has 0 atom stereocenters. The van der Waals surface area contributed by atoms with Gasteiger partial charge in [-0.1, -0.05) is 0 Å². The molecular weight excluding hydrogens is 260 g/mol. The topological polar surface area (TPSA) is 44.1 Å². The molecule has 0 unspecified atom stereocenters. The number of hydrogen-bond acceptors (Lipinski definition) is 3. The number of hydrogen-bond donors (Lipinski definition) is 0. The van der Waals surface area contributed by atoms with Crippen LogP contribution in [0, 0.1) is 6.92 Å². The van der Waals surface area contributed by atoms with E-state index >= 15 is 0 Å². The van der Waals surface area contributed by atoms with Gasteiger partial charge in [-0.25, -0.2) is 9.78 Å². The Morgan fingerprint density at radius 1 is 1.60 bits per heavy atom. The van der Waals surface area contributed by atoms with E-state index < -0.39 is 0 Å². The first-order valence-electron chi connectivity index (χ1n) is 4.90. The number of carbonyl (C=O) groups is 1. The Kier molecular flexibility index (Phi) is 3.90. The molecule has 0 amide bonds. The number of halogens is 1. The van der Waals surface area contributed by atoms with Gasteiger partial charge in [0.2, 0.25) is 0 Å². The summed E-state index contributed by atoms with van der Waals surface area (Å²) in [5.41, 5.74) is 1.22. The van der Waals surface area contributed by atoms with Crippen LogP contribution in [-0.4, -0.2) is 22.1 Å². The van der Waals surface area contributed by atoms with Crippen molar-refractivity contribution in [2.45, 2.75) is 33.7 Å². The molecular formula is C10H15BrN2O2. The zero-order chi connectivity index (χ0) is 11.6. The second kappa shape index (κ2) is 4.79. The molecule has 0 fully saturated rings. The van der Waals surface area contributed by atoms with Gasteiger partial charge in [0, 0.05) is 6.04 Å². The van der Waals surface area contributed by atoms with Gasteiger partial charge in [-0.15, -0.1) is 0 Å². The van der Waals surface area contributed by atoms with Crippen molar-refractivity contribution in [2.24, 2.45) is 0 Å². The molecule has 5 heteroatoms. The molecule has 0 spiro atoms. The molecule has 15 heavy (non-hydrogen) atoms. The van der Waals surface area contributed by atoms with E-state index in [0.717, 1.165) is 5.69 Å². The number of aromatic nitrogens is 2.